The van der Waals surface area contributed by atoms with E-state index in [0.29, 0.717) is 6.42 Å². The molecule has 0 aromatic carbocycles. The van der Waals surface area contributed by atoms with E-state index in [1.54, 1.807) is 0 Å². The molecule has 1 aliphatic rings. The molecule has 0 saturated carbocycles. The van der Waals surface area contributed by atoms with E-state index in [9.17, 15) is 5.11 Å². The highest BCUT2D eigenvalue weighted by Crippen LogP contribution is 2.43. The Morgan fingerprint density at radius 1 is 1.27 bits per heavy atom. The van der Waals surface area contributed by atoms with Crippen molar-refractivity contribution in [1.29, 1.82) is 0 Å². The molecule has 0 spiro atoms. The Labute approximate surface area is 97.5 Å². The van der Waals surface area contributed by atoms with Crippen LogP contribution in [-0.2, 0) is 4.29 Å². The molecular weight excluding hydrogens is 214 g/mol. The fourth-order valence-electron chi connectivity index (χ4n) is 1.98. The van der Waals surface area contributed by atoms with Crippen molar-refractivity contribution in [3.63, 3.8) is 0 Å². The highest BCUT2D eigenvalue weighted by atomic mass is 35.5. The predicted octanol–water partition coefficient (Wildman–Crippen LogP) is 2.72. The van der Waals surface area contributed by atoms with Crippen LogP contribution >= 0.6 is 11.9 Å². The number of nitrogens with zero attached hydrogens (tertiary/aromatic N) is 1. The molecule has 0 radical (unpaired) electrons. The van der Waals surface area contributed by atoms with Gasteiger partial charge in [-0.15, -0.1) is 0 Å². The van der Waals surface area contributed by atoms with Gasteiger partial charge >= 0.3 is 0 Å². The molecule has 0 aromatic rings. The second kappa shape index (κ2) is 3.88. The second-order valence-corrected chi connectivity index (χ2v) is 6.04. The van der Waals surface area contributed by atoms with Crippen molar-refractivity contribution in [3.8, 4) is 0 Å². The Morgan fingerprint density at radius 2 is 1.80 bits per heavy atom. The lowest BCUT2D eigenvalue weighted by molar-refractivity contribution is -0.260. The highest BCUT2D eigenvalue weighted by molar-refractivity contribution is 6.07. The van der Waals surface area contributed by atoms with E-state index in [-0.39, 0.29) is 11.0 Å². The minimum Gasteiger partial charge on any atom is -0.352 e. The molecule has 15 heavy (non-hydrogen) atoms. The number of hydrogen-bond acceptors (Lipinski definition) is 3. The SMILES string of the molecule is CC(C)(C)C(C)(C)N1CCCC1(O)OCl. The Hall–Kier alpha value is 0.170. The first-order chi connectivity index (χ1) is 6.65. The van der Waals surface area contributed by atoms with E-state index in [1.165, 1.54) is 0 Å². The molecule has 0 bridgehead atoms. The maximum Gasteiger partial charge on any atom is 0.246 e. The lowest BCUT2D eigenvalue weighted by Gasteiger charge is -2.50. The normalized spacial score (nSPS) is 29.8. The van der Waals surface area contributed by atoms with Crippen molar-refractivity contribution in [3.05, 3.63) is 0 Å². The fourth-order valence-corrected chi connectivity index (χ4v) is 2.14. The van der Waals surface area contributed by atoms with Gasteiger partial charge in [0.25, 0.3) is 0 Å². The molecule has 90 valence electrons. The minimum atomic E-state index is -1.31. The van der Waals surface area contributed by atoms with E-state index in [2.05, 4.69) is 34.6 Å². The van der Waals surface area contributed by atoms with Gasteiger partial charge in [-0.3, -0.25) is 0 Å². The molecular formula is C11H22ClNO2. The molecule has 1 unspecified atom stereocenters. The van der Waals surface area contributed by atoms with Crippen molar-refractivity contribution >= 4 is 11.9 Å². The molecule has 1 aliphatic heterocycles. The molecule has 0 amide bonds. The van der Waals surface area contributed by atoms with Crippen LogP contribution in [0.2, 0.25) is 0 Å². The fraction of sp³-hybridized carbons (Fsp3) is 1.00. The molecule has 1 saturated heterocycles. The van der Waals surface area contributed by atoms with Gasteiger partial charge in [0, 0.05) is 18.5 Å². The third-order valence-corrected chi connectivity index (χ3v) is 4.19. The van der Waals surface area contributed by atoms with Crippen molar-refractivity contribution in [1.82, 2.24) is 4.90 Å². The third kappa shape index (κ3) is 2.16. The summed E-state index contributed by atoms with van der Waals surface area (Å²) in [4.78, 5) is 1.95. The summed E-state index contributed by atoms with van der Waals surface area (Å²) in [6.07, 6.45) is 1.47. The van der Waals surface area contributed by atoms with Crippen LogP contribution in [0, 0.1) is 5.41 Å². The highest BCUT2D eigenvalue weighted by Gasteiger charge is 2.51. The summed E-state index contributed by atoms with van der Waals surface area (Å²) in [6, 6.07) is 0. The molecule has 0 aliphatic carbocycles. The van der Waals surface area contributed by atoms with Crippen LogP contribution in [0.5, 0.6) is 0 Å². The van der Waals surface area contributed by atoms with Crippen LogP contribution in [0.15, 0.2) is 0 Å². The molecule has 3 nitrogen and oxygen atoms in total. The number of rotatable bonds is 2. The molecule has 4 heteroatoms. The lowest BCUT2D eigenvalue weighted by Crippen LogP contribution is -2.60. The molecule has 1 N–H and O–H groups in total. The van der Waals surface area contributed by atoms with E-state index in [1.807, 2.05) is 4.90 Å². The van der Waals surface area contributed by atoms with Crippen LogP contribution in [0.4, 0.5) is 0 Å². The van der Waals surface area contributed by atoms with Crippen molar-refractivity contribution in [2.45, 2.75) is 58.9 Å². The topological polar surface area (TPSA) is 32.7 Å². The smallest absolute Gasteiger partial charge is 0.246 e. The molecule has 1 fully saturated rings. The number of aliphatic hydroxyl groups is 1. The molecule has 1 atom stereocenters. The largest absolute Gasteiger partial charge is 0.352 e. The third-order valence-electron chi connectivity index (χ3n) is 3.94. The van der Waals surface area contributed by atoms with Gasteiger partial charge in [-0.1, -0.05) is 20.8 Å². The monoisotopic (exact) mass is 235 g/mol. The number of halogens is 1. The summed E-state index contributed by atoms with van der Waals surface area (Å²) in [7, 11) is 0. The summed E-state index contributed by atoms with van der Waals surface area (Å²) < 4.78 is 4.75. The first kappa shape index (κ1) is 13.2. The van der Waals surface area contributed by atoms with Gasteiger partial charge in [0.2, 0.25) is 5.91 Å². The maximum atomic E-state index is 10.2. The second-order valence-electron chi connectivity index (χ2n) is 5.88. The van der Waals surface area contributed by atoms with E-state index in [4.69, 9.17) is 16.2 Å². The Kier molecular flexibility index (Phi) is 3.42. The van der Waals surface area contributed by atoms with Crippen LogP contribution in [0.25, 0.3) is 0 Å². The average molecular weight is 236 g/mol. The zero-order chi connectivity index (χ0) is 11.9. The first-order valence-corrected chi connectivity index (χ1v) is 5.76. The van der Waals surface area contributed by atoms with Crippen LogP contribution < -0.4 is 0 Å². The summed E-state index contributed by atoms with van der Waals surface area (Å²) in [5.41, 5.74) is -0.131. The zero-order valence-electron chi connectivity index (χ0n) is 10.3. The van der Waals surface area contributed by atoms with Gasteiger partial charge in [0.1, 0.15) is 0 Å². The van der Waals surface area contributed by atoms with E-state index in [0.717, 1.165) is 13.0 Å². The van der Waals surface area contributed by atoms with E-state index >= 15 is 0 Å². The van der Waals surface area contributed by atoms with Gasteiger partial charge in [0.05, 0.1) is 11.9 Å². The Bertz CT molecular complexity index is 237. The quantitative estimate of drug-likeness (QED) is 0.748. The first-order valence-electron chi connectivity index (χ1n) is 5.45. The lowest BCUT2D eigenvalue weighted by atomic mass is 9.75. The Morgan fingerprint density at radius 3 is 2.20 bits per heavy atom. The van der Waals surface area contributed by atoms with Gasteiger partial charge in [-0.25, -0.2) is 9.19 Å². The summed E-state index contributed by atoms with van der Waals surface area (Å²) >= 11 is 5.41. The number of likely N-dealkylation sites (tertiary alicyclic amines) is 1. The van der Waals surface area contributed by atoms with Crippen LogP contribution in [-0.4, -0.2) is 28.0 Å². The van der Waals surface area contributed by atoms with Gasteiger partial charge in [-0.05, 0) is 25.7 Å². The van der Waals surface area contributed by atoms with Crippen LogP contribution in [0.1, 0.15) is 47.5 Å². The molecule has 0 aromatic heterocycles. The predicted molar refractivity (Wildman–Crippen MR) is 61.4 cm³/mol. The van der Waals surface area contributed by atoms with Crippen molar-refractivity contribution < 1.29 is 9.40 Å². The zero-order valence-corrected chi connectivity index (χ0v) is 11.1. The van der Waals surface area contributed by atoms with Gasteiger partial charge in [-0.2, -0.15) is 0 Å². The Balaban J connectivity index is 2.97. The average Bonchev–Trinajstić information content (AvgIpc) is 2.47. The van der Waals surface area contributed by atoms with Crippen LogP contribution in [0.3, 0.4) is 0 Å². The van der Waals surface area contributed by atoms with Crippen molar-refractivity contribution in [2.24, 2.45) is 5.41 Å². The van der Waals surface area contributed by atoms with E-state index < -0.39 is 5.91 Å². The van der Waals surface area contributed by atoms with Gasteiger partial charge < -0.3 is 5.11 Å². The van der Waals surface area contributed by atoms with Crippen molar-refractivity contribution in [2.75, 3.05) is 6.54 Å². The number of hydrogen-bond donors (Lipinski definition) is 1. The standard InChI is InChI=1S/C11H22ClNO2/c1-9(2,3)10(4,5)13-8-6-7-11(13,14)15-12/h14H,6-8H2,1-5H3. The minimum absolute atomic E-state index is 0.0424. The summed E-state index contributed by atoms with van der Waals surface area (Å²) in [6.45, 7) is 11.5. The summed E-state index contributed by atoms with van der Waals surface area (Å²) in [5, 5.41) is 10.2. The molecule has 1 rings (SSSR count). The summed E-state index contributed by atoms with van der Waals surface area (Å²) in [5.74, 6) is -1.31. The molecule has 1 heterocycles. The van der Waals surface area contributed by atoms with Gasteiger partial charge in [0.15, 0.2) is 0 Å². The maximum absolute atomic E-state index is 10.2.